The first kappa shape index (κ1) is 18.7. The minimum atomic E-state index is -0.149. The summed E-state index contributed by atoms with van der Waals surface area (Å²) in [7, 11) is 3.63. The molecule has 4 aromatic rings. The predicted octanol–water partition coefficient (Wildman–Crippen LogP) is 3.89. The van der Waals surface area contributed by atoms with Gasteiger partial charge in [-0.25, -0.2) is 0 Å². The molecule has 0 radical (unpaired) electrons. The van der Waals surface area contributed by atoms with Gasteiger partial charge in [0.25, 0.3) is 5.91 Å². The maximum atomic E-state index is 13.1. The number of nitrogens with zero attached hydrogens (tertiary/aromatic N) is 5. The van der Waals surface area contributed by atoms with Crippen molar-refractivity contribution < 1.29 is 9.21 Å². The van der Waals surface area contributed by atoms with Crippen molar-refractivity contribution in [3.05, 3.63) is 58.6 Å². The zero-order valence-corrected chi connectivity index (χ0v) is 17.4. The van der Waals surface area contributed by atoms with Gasteiger partial charge in [0.15, 0.2) is 10.1 Å². The highest BCUT2D eigenvalue weighted by Crippen LogP contribution is 2.33. The SMILES string of the molecule is Cc1nnc(SCc2c(C(=O)N(C)Cc3cnn(C)c3)oc3ccccc23)s1. The highest BCUT2D eigenvalue weighted by atomic mass is 32.2. The number of furan rings is 1. The number of thioether (sulfide) groups is 1. The number of carbonyl (C=O) groups is 1. The lowest BCUT2D eigenvalue weighted by Crippen LogP contribution is -2.26. The van der Waals surface area contributed by atoms with Gasteiger partial charge in [-0.3, -0.25) is 9.48 Å². The van der Waals surface area contributed by atoms with Gasteiger partial charge in [0.05, 0.1) is 6.20 Å². The summed E-state index contributed by atoms with van der Waals surface area (Å²) in [4.78, 5) is 14.8. The van der Waals surface area contributed by atoms with E-state index in [1.165, 1.54) is 0 Å². The molecule has 0 aliphatic heterocycles. The van der Waals surface area contributed by atoms with E-state index in [1.54, 1.807) is 45.9 Å². The summed E-state index contributed by atoms with van der Waals surface area (Å²) in [5.41, 5.74) is 2.57. The molecule has 0 aliphatic carbocycles. The van der Waals surface area contributed by atoms with Crippen molar-refractivity contribution in [1.82, 2.24) is 24.9 Å². The normalized spacial score (nSPS) is 11.2. The average molecular weight is 414 g/mol. The van der Waals surface area contributed by atoms with E-state index in [9.17, 15) is 4.79 Å². The molecule has 1 amide bonds. The second-order valence-electron chi connectivity index (χ2n) is 6.47. The Labute approximate surface area is 170 Å². The van der Waals surface area contributed by atoms with Crippen LogP contribution in [0.15, 0.2) is 45.4 Å². The van der Waals surface area contributed by atoms with Crippen LogP contribution >= 0.6 is 23.1 Å². The molecular weight excluding hydrogens is 394 g/mol. The third kappa shape index (κ3) is 3.81. The molecular formula is C19H19N5O2S2. The second kappa shape index (κ2) is 7.76. The molecule has 28 heavy (non-hydrogen) atoms. The summed E-state index contributed by atoms with van der Waals surface area (Å²) in [6.45, 7) is 2.39. The number of aromatic nitrogens is 4. The molecule has 3 heterocycles. The minimum absolute atomic E-state index is 0.149. The molecule has 7 nitrogen and oxygen atoms in total. The topological polar surface area (TPSA) is 77.1 Å². The van der Waals surface area contributed by atoms with Gasteiger partial charge < -0.3 is 9.32 Å². The molecule has 0 unspecified atom stereocenters. The van der Waals surface area contributed by atoms with Crippen molar-refractivity contribution in [3.63, 3.8) is 0 Å². The van der Waals surface area contributed by atoms with Gasteiger partial charge in [-0.1, -0.05) is 41.3 Å². The van der Waals surface area contributed by atoms with Crippen LogP contribution in [0, 0.1) is 6.92 Å². The maximum absolute atomic E-state index is 13.1. The highest BCUT2D eigenvalue weighted by Gasteiger charge is 2.24. The van der Waals surface area contributed by atoms with Crippen LogP contribution in [0.2, 0.25) is 0 Å². The van der Waals surface area contributed by atoms with Gasteiger partial charge in [-0.2, -0.15) is 5.10 Å². The lowest BCUT2D eigenvalue weighted by Gasteiger charge is -2.15. The van der Waals surface area contributed by atoms with E-state index in [2.05, 4.69) is 15.3 Å². The van der Waals surface area contributed by atoms with E-state index in [1.807, 2.05) is 44.4 Å². The van der Waals surface area contributed by atoms with Crippen LogP contribution in [0.3, 0.4) is 0 Å². The van der Waals surface area contributed by atoms with Crippen LogP contribution in [0.5, 0.6) is 0 Å². The van der Waals surface area contributed by atoms with E-state index in [0.29, 0.717) is 23.6 Å². The van der Waals surface area contributed by atoms with Gasteiger partial charge in [0.2, 0.25) is 0 Å². The first-order valence-electron chi connectivity index (χ1n) is 8.67. The molecule has 9 heteroatoms. The monoisotopic (exact) mass is 413 g/mol. The fraction of sp³-hybridized carbons (Fsp3) is 0.263. The number of amides is 1. The number of rotatable bonds is 6. The molecule has 0 N–H and O–H groups in total. The van der Waals surface area contributed by atoms with Gasteiger partial charge >= 0.3 is 0 Å². The number of carbonyl (C=O) groups excluding carboxylic acids is 1. The number of hydrogen-bond acceptors (Lipinski definition) is 7. The van der Waals surface area contributed by atoms with Crippen molar-refractivity contribution in [1.29, 1.82) is 0 Å². The molecule has 0 saturated carbocycles. The lowest BCUT2D eigenvalue weighted by molar-refractivity contribution is 0.0754. The highest BCUT2D eigenvalue weighted by molar-refractivity contribution is 8.00. The van der Waals surface area contributed by atoms with Gasteiger partial charge in [0.1, 0.15) is 10.6 Å². The fourth-order valence-electron chi connectivity index (χ4n) is 2.96. The Morgan fingerprint density at radius 2 is 2.14 bits per heavy atom. The average Bonchev–Trinajstić information content (AvgIpc) is 3.38. The minimum Gasteiger partial charge on any atom is -0.451 e. The van der Waals surface area contributed by atoms with Crippen LogP contribution < -0.4 is 0 Å². The number of aryl methyl sites for hydroxylation is 2. The summed E-state index contributed by atoms with van der Waals surface area (Å²) in [6, 6.07) is 7.73. The first-order chi connectivity index (χ1) is 13.5. The predicted molar refractivity (Wildman–Crippen MR) is 109 cm³/mol. The summed E-state index contributed by atoms with van der Waals surface area (Å²) in [5, 5.41) is 14.2. The van der Waals surface area contributed by atoms with Crippen molar-refractivity contribution >= 4 is 40.0 Å². The zero-order chi connectivity index (χ0) is 19.7. The first-order valence-corrected chi connectivity index (χ1v) is 10.5. The molecule has 0 aliphatic rings. The molecule has 144 valence electrons. The molecule has 4 rings (SSSR count). The van der Waals surface area contributed by atoms with Gasteiger partial charge in [0, 0.05) is 49.1 Å². The molecule has 0 saturated heterocycles. The van der Waals surface area contributed by atoms with Crippen molar-refractivity contribution in [2.45, 2.75) is 23.6 Å². The number of para-hydroxylation sites is 1. The molecule has 0 fully saturated rings. The Hall–Kier alpha value is -2.65. The Morgan fingerprint density at radius 3 is 2.86 bits per heavy atom. The third-order valence-corrected chi connectivity index (χ3v) is 6.26. The number of benzene rings is 1. The lowest BCUT2D eigenvalue weighted by atomic mass is 10.1. The summed E-state index contributed by atoms with van der Waals surface area (Å²) < 4.78 is 8.56. The third-order valence-electron chi connectivity index (χ3n) is 4.26. The molecule has 1 aromatic carbocycles. The number of fused-ring (bicyclic) bond motifs is 1. The van der Waals surface area contributed by atoms with Crippen LogP contribution in [-0.4, -0.2) is 37.8 Å². The van der Waals surface area contributed by atoms with Gasteiger partial charge in [-0.05, 0) is 13.0 Å². The van der Waals surface area contributed by atoms with E-state index in [4.69, 9.17) is 4.42 Å². The van der Waals surface area contributed by atoms with Crippen molar-refractivity contribution in [3.8, 4) is 0 Å². The van der Waals surface area contributed by atoms with Gasteiger partial charge in [-0.15, -0.1) is 10.2 Å². The Bertz CT molecular complexity index is 1130. The standard InChI is InChI=1S/C19H19N5O2S2/c1-12-21-22-19(28-12)27-11-15-14-6-4-5-7-16(14)26-17(15)18(25)23(2)9-13-8-20-24(3)10-13/h4-8,10H,9,11H2,1-3H3. The largest absolute Gasteiger partial charge is 0.451 e. The van der Waals surface area contributed by atoms with Crippen LogP contribution in [0.25, 0.3) is 11.0 Å². The molecule has 3 aromatic heterocycles. The fourth-order valence-corrected chi connectivity index (χ4v) is 4.80. The van der Waals surface area contributed by atoms with Crippen LogP contribution in [-0.2, 0) is 19.3 Å². The smallest absolute Gasteiger partial charge is 0.289 e. The number of hydrogen-bond donors (Lipinski definition) is 0. The second-order valence-corrected chi connectivity index (χ2v) is 8.87. The quantitative estimate of drug-likeness (QED) is 0.446. The molecule has 0 bridgehead atoms. The van der Waals surface area contributed by atoms with E-state index in [0.717, 1.165) is 25.9 Å². The van der Waals surface area contributed by atoms with Crippen molar-refractivity contribution in [2.75, 3.05) is 7.05 Å². The van der Waals surface area contributed by atoms with E-state index >= 15 is 0 Å². The summed E-state index contributed by atoms with van der Waals surface area (Å²) >= 11 is 3.11. The van der Waals surface area contributed by atoms with E-state index < -0.39 is 0 Å². The maximum Gasteiger partial charge on any atom is 0.289 e. The Kier molecular flexibility index (Phi) is 5.19. The Balaban J connectivity index is 1.62. The molecule has 0 atom stereocenters. The van der Waals surface area contributed by atoms with Crippen LogP contribution in [0.1, 0.15) is 26.7 Å². The Morgan fingerprint density at radius 1 is 1.32 bits per heavy atom. The molecule has 0 spiro atoms. The summed E-state index contributed by atoms with van der Waals surface area (Å²) in [5.74, 6) is 0.818. The summed E-state index contributed by atoms with van der Waals surface area (Å²) in [6.07, 6.45) is 3.66. The van der Waals surface area contributed by atoms with E-state index in [-0.39, 0.29) is 5.91 Å². The van der Waals surface area contributed by atoms with Crippen molar-refractivity contribution in [2.24, 2.45) is 7.05 Å². The zero-order valence-electron chi connectivity index (χ0n) is 15.7. The van der Waals surface area contributed by atoms with Crippen LogP contribution in [0.4, 0.5) is 0 Å².